The highest BCUT2D eigenvalue weighted by Gasteiger charge is 2.08. The second kappa shape index (κ2) is 6.53. The molecule has 0 aliphatic rings. The van der Waals surface area contributed by atoms with Crippen LogP contribution in [0.5, 0.6) is 0 Å². The highest BCUT2D eigenvalue weighted by atomic mass is 14.5. The number of rotatable bonds is 6. The molecule has 0 radical (unpaired) electrons. The minimum absolute atomic E-state index is 0.612. The standard InChI is InChI=1S/C16H22N2/c17-9-7-13(8-10-18)11-14-5-6-15-3-1-2-4-16(15)12-14/h1-6,12-13H,7-11,17-18H2. The van der Waals surface area contributed by atoms with Crippen LogP contribution in [0.1, 0.15) is 18.4 Å². The van der Waals surface area contributed by atoms with E-state index in [1.165, 1.54) is 16.3 Å². The Morgan fingerprint density at radius 3 is 2.17 bits per heavy atom. The first-order valence-electron chi connectivity index (χ1n) is 6.71. The normalized spacial score (nSPS) is 11.3. The minimum atomic E-state index is 0.612. The Balaban J connectivity index is 2.14. The third-order valence-electron chi connectivity index (χ3n) is 3.49. The second-order valence-corrected chi connectivity index (χ2v) is 4.91. The van der Waals surface area contributed by atoms with Gasteiger partial charge in [0.05, 0.1) is 0 Å². The Morgan fingerprint density at radius 1 is 0.833 bits per heavy atom. The van der Waals surface area contributed by atoms with Crippen molar-refractivity contribution in [1.82, 2.24) is 0 Å². The van der Waals surface area contributed by atoms with Gasteiger partial charge in [0, 0.05) is 0 Å². The summed E-state index contributed by atoms with van der Waals surface area (Å²) in [5, 5.41) is 2.62. The molecule has 0 unspecified atom stereocenters. The molecule has 0 aromatic heterocycles. The van der Waals surface area contributed by atoms with Crippen LogP contribution in [0.15, 0.2) is 42.5 Å². The Kier molecular flexibility index (Phi) is 4.73. The van der Waals surface area contributed by atoms with Gasteiger partial charge in [0.15, 0.2) is 0 Å². The lowest BCUT2D eigenvalue weighted by Crippen LogP contribution is -2.15. The number of hydrogen-bond donors (Lipinski definition) is 2. The van der Waals surface area contributed by atoms with E-state index in [2.05, 4.69) is 42.5 Å². The van der Waals surface area contributed by atoms with E-state index in [4.69, 9.17) is 11.5 Å². The van der Waals surface area contributed by atoms with Crippen LogP contribution in [-0.2, 0) is 6.42 Å². The topological polar surface area (TPSA) is 52.0 Å². The molecule has 0 amide bonds. The van der Waals surface area contributed by atoms with E-state index < -0.39 is 0 Å². The summed E-state index contributed by atoms with van der Waals surface area (Å²) in [6.45, 7) is 1.50. The fraction of sp³-hybridized carbons (Fsp3) is 0.375. The summed E-state index contributed by atoms with van der Waals surface area (Å²) < 4.78 is 0. The molecule has 4 N–H and O–H groups in total. The lowest BCUT2D eigenvalue weighted by atomic mass is 9.92. The van der Waals surface area contributed by atoms with Gasteiger partial charge in [-0.25, -0.2) is 0 Å². The van der Waals surface area contributed by atoms with Crippen LogP contribution in [0.25, 0.3) is 10.8 Å². The largest absolute Gasteiger partial charge is 0.330 e. The van der Waals surface area contributed by atoms with Crippen LogP contribution in [-0.4, -0.2) is 13.1 Å². The highest BCUT2D eigenvalue weighted by molar-refractivity contribution is 5.82. The first-order chi connectivity index (χ1) is 8.83. The third-order valence-corrected chi connectivity index (χ3v) is 3.49. The first-order valence-corrected chi connectivity index (χ1v) is 6.71. The molecule has 0 bridgehead atoms. The van der Waals surface area contributed by atoms with E-state index in [0.29, 0.717) is 5.92 Å². The summed E-state index contributed by atoms with van der Waals surface area (Å²) in [7, 11) is 0. The molecule has 2 rings (SSSR count). The van der Waals surface area contributed by atoms with Crippen LogP contribution in [0.3, 0.4) is 0 Å². The van der Waals surface area contributed by atoms with Gasteiger partial charge in [0.25, 0.3) is 0 Å². The first kappa shape index (κ1) is 13.1. The van der Waals surface area contributed by atoms with Crippen molar-refractivity contribution in [1.29, 1.82) is 0 Å². The smallest absolute Gasteiger partial charge is 0.00745 e. The van der Waals surface area contributed by atoms with Gasteiger partial charge in [0.2, 0.25) is 0 Å². The van der Waals surface area contributed by atoms with Crippen molar-refractivity contribution in [3.63, 3.8) is 0 Å². The maximum Gasteiger partial charge on any atom is -0.00745 e. The molecular weight excluding hydrogens is 220 g/mol. The molecule has 96 valence electrons. The molecule has 2 nitrogen and oxygen atoms in total. The quantitative estimate of drug-likeness (QED) is 0.818. The molecule has 2 heteroatoms. The fourth-order valence-corrected chi connectivity index (χ4v) is 2.52. The third kappa shape index (κ3) is 3.31. The Bertz CT molecular complexity index is 487. The van der Waals surface area contributed by atoms with E-state index in [9.17, 15) is 0 Å². The predicted molar refractivity (Wildman–Crippen MR) is 78.5 cm³/mol. The summed E-state index contributed by atoms with van der Waals surface area (Å²) in [5.41, 5.74) is 12.7. The molecular formula is C16H22N2. The SMILES string of the molecule is NCCC(CCN)Cc1ccc2ccccc2c1. The molecule has 2 aromatic carbocycles. The van der Waals surface area contributed by atoms with Crippen LogP contribution in [0.4, 0.5) is 0 Å². The van der Waals surface area contributed by atoms with Gasteiger partial charge in [-0.3, -0.25) is 0 Å². The van der Waals surface area contributed by atoms with Gasteiger partial charge < -0.3 is 11.5 Å². The summed E-state index contributed by atoms with van der Waals surface area (Å²) in [6, 6.07) is 15.2. The lowest BCUT2D eigenvalue weighted by Gasteiger charge is -2.15. The summed E-state index contributed by atoms with van der Waals surface area (Å²) >= 11 is 0. The van der Waals surface area contributed by atoms with Crippen LogP contribution >= 0.6 is 0 Å². The fourth-order valence-electron chi connectivity index (χ4n) is 2.52. The van der Waals surface area contributed by atoms with E-state index in [-0.39, 0.29) is 0 Å². The number of nitrogens with two attached hydrogens (primary N) is 2. The van der Waals surface area contributed by atoms with Gasteiger partial charge in [-0.2, -0.15) is 0 Å². The van der Waals surface area contributed by atoms with Crippen LogP contribution in [0, 0.1) is 5.92 Å². The van der Waals surface area contributed by atoms with Crippen molar-refractivity contribution >= 4 is 10.8 Å². The summed E-state index contributed by atoms with van der Waals surface area (Å²) in [5.74, 6) is 0.612. The van der Waals surface area contributed by atoms with Crippen molar-refractivity contribution in [2.24, 2.45) is 17.4 Å². The van der Waals surface area contributed by atoms with E-state index in [0.717, 1.165) is 32.4 Å². The van der Waals surface area contributed by atoms with Gasteiger partial charge in [-0.05, 0) is 54.6 Å². The van der Waals surface area contributed by atoms with Crippen molar-refractivity contribution < 1.29 is 0 Å². The highest BCUT2D eigenvalue weighted by Crippen LogP contribution is 2.20. The van der Waals surface area contributed by atoms with Crippen LogP contribution in [0.2, 0.25) is 0 Å². The molecule has 0 heterocycles. The minimum Gasteiger partial charge on any atom is -0.330 e. The average Bonchev–Trinajstić information content (AvgIpc) is 2.39. The van der Waals surface area contributed by atoms with Crippen molar-refractivity contribution in [3.05, 3.63) is 48.0 Å². The second-order valence-electron chi connectivity index (χ2n) is 4.91. The van der Waals surface area contributed by atoms with E-state index in [1.54, 1.807) is 0 Å². The number of benzene rings is 2. The van der Waals surface area contributed by atoms with E-state index >= 15 is 0 Å². The lowest BCUT2D eigenvalue weighted by molar-refractivity contribution is 0.461. The zero-order valence-electron chi connectivity index (χ0n) is 10.8. The molecule has 0 aliphatic heterocycles. The van der Waals surface area contributed by atoms with Crippen molar-refractivity contribution in [2.45, 2.75) is 19.3 Å². The molecule has 2 aromatic rings. The Hall–Kier alpha value is -1.38. The monoisotopic (exact) mass is 242 g/mol. The molecule has 0 saturated heterocycles. The van der Waals surface area contributed by atoms with Gasteiger partial charge in [-0.1, -0.05) is 42.5 Å². The van der Waals surface area contributed by atoms with E-state index in [1.807, 2.05) is 0 Å². The molecule has 0 saturated carbocycles. The zero-order chi connectivity index (χ0) is 12.8. The number of fused-ring (bicyclic) bond motifs is 1. The van der Waals surface area contributed by atoms with Gasteiger partial charge in [0.1, 0.15) is 0 Å². The molecule has 0 fully saturated rings. The summed E-state index contributed by atoms with van der Waals surface area (Å²) in [4.78, 5) is 0. The molecule has 0 atom stereocenters. The summed E-state index contributed by atoms with van der Waals surface area (Å²) in [6.07, 6.45) is 3.20. The average molecular weight is 242 g/mol. The number of hydrogen-bond acceptors (Lipinski definition) is 2. The van der Waals surface area contributed by atoms with Crippen molar-refractivity contribution in [2.75, 3.05) is 13.1 Å². The van der Waals surface area contributed by atoms with Crippen molar-refractivity contribution in [3.8, 4) is 0 Å². The molecule has 0 aliphatic carbocycles. The van der Waals surface area contributed by atoms with Gasteiger partial charge >= 0.3 is 0 Å². The maximum absolute atomic E-state index is 5.66. The molecule has 18 heavy (non-hydrogen) atoms. The van der Waals surface area contributed by atoms with Gasteiger partial charge in [-0.15, -0.1) is 0 Å². The Morgan fingerprint density at radius 2 is 1.50 bits per heavy atom. The van der Waals surface area contributed by atoms with Crippen LogP contribution < -0.4 is 11.5 Å². The predicted octanol–water partition coefficient (Wildman–Crippen LogP) is 2.70. The zero-order valence-corrected chi connectivity index (χ0v) is 10.8. The maximum atomic E-state index is 5.66. The Labute approximate surface area is 109 Å². The molecule has 0 spiro atoms.